The molecule has 1 rings (SSSR count). The molecule has 0 bridgehead atoms. The maximum Gasteiger partial charge on any atom is 0.329 e. The number of hydrogen-bond donors (Lipinski definition) is 1. The summed E-state index contributed by atoms with van der Waals surface area (Å²) in [5, 5.41) is 9.19. The highest BCUT2D eigenvalue weighted by atomic mass is 32.2. The lowest BCUT2D eigenvalue weighted by atomic mass is 10.0. The Hall–Kier alpha value is -1.56. The van der Waals surface area contributed by atoms with Gasteiger partial charge in [-0.05, 0) is 45.0 Å². The van der Waals surface area contributed by atoms with Crippen LogP contribution in [0, 0.1) is 5.82 Å². The van der Waals surface area contributed by atoms with Crippen molar-refractivity contribution in [3.8, 4) is 0 Å². The molecule has 0 aliphatic rings. The standard InChI is InChI=1S/C15H20FNO3S/c1-4-17(15(2,3)14(19)20)13(18)9-10-21-12-7-5-11(16)6-8-12/h5-8H,4,9-10H2,1-3H3,(H,19,20). The zero-order valence-corrected chi connectivity index (χ0v) is 13.2. The molecule has 0 saturated heterocycles. The Kier molecular flexibility index (Phi) is 6.20. The second kappa shape index (κ2) is 7.45. The Morgan fingerprint density at radius 3 is 2.33 bits per heavy atom. The molecule has 0 radical (unpaired) electrons. The van der Waals surface area contributed by atoms with Crippen molar-refractivity contribution >= 4 is 23.6 Å². The quantitative estimate of drug-likeness (QED) is 0.786. The molecule has 1 amide bonds. The number of nitrogens with zero attached hydrogens (tertiary/aromatic N) is 1. The van der Waals surface area contributed by atoms with Gasteiger partial charge in [-0.2, -0.15) is 0 Å². The van der Waals surface area contributed by atoms with Crippen LogP contribution in [0.1, 0.15) is 27.2 Å². The fourth-order valence-electron chi connectivity index (χ4n) is 1.92. The SMILES string of the molecule is CCN(C(=O)CCSc1ccc(F)cc1)C(C)(C)C(=O)O. The van der Waals surface area contributed by atoms with E-state index in [-0.39, 0.29) is 18.1 Å². The molecule has 1 aromatic carbocycles. The van der Waals surface area contributed by atoms with Crippen LogP contribution in [-0.4, -0.2) is 39.7 Å². The molecule has 0 aliphatic carbocycles. The average Bonchev–Trinajstić information content (AvgIpc) is 2.41. The van der Waals surface area contributed by atoms with Crippen molar-refractivity contribution in [1.82, 2.24) is 4.90 Å². The van der Waals surface area contributed by atoms with E-state index in [4.69, 9.17) is 0 Å². The van der Waals surface area contributed by atoms with Gasteiger partial charge >= 0.3 is 5.97 Å². The molecule has 0 aliphatic heterocycles. The Balaban J connectivity index is 2.55. The number of benzene rings is 1. The third-order valence-corrected chi connectivity index (χ3v) is 4.23. The number of aliphatic carboxylic acids is 1. The molecule has 4 nitrogen and oxygen atoms in total. The molecule has 1 N–H and O–H groups in total. The molecule has 0 aromatic heterocycles. The lowest BCUT2D eigenvalue weighted by Crippen LogP contribution is -2.53. The summed E-state index contributed by atoms with van der Waals surface area (Å²) in [6.07, 6.45) is 0.243. The van der Waals surface area contributed by atoms with E-state index < -0.39 is 11.5 Å². The van der Waals surface area contributed by atoms with E-state index in [0.717, 1.165) is 4.90 Å². The Morgan fingerprint density at radius 2 is 1.86 bits per heavy atom. The first-order chi connectivity index (χ1) is 9.78. The molecule has 0 fully saturated rings. The summed E-state index contributed by atoms with van der Waals surface area (Å²) in [7, 11) is 0. The maximum atomic E-state index is 12.8. The normalized spacial score (nSPS) is 11.2. The number of carboxylic acids is 1. The minimum absolute atomic E-state index is 0.195. The van der Waals surface area contributed by atoms with Crippen LogP contribution in [0.25, 0.3) is 0 Å². The predicted octanol–water partition coefficient (Wildman–Crippen LogP) is 3.02. The molecule has 0 saturated carbocycles. The van der Waals surface area contributed by atoms with Gasteiger partial charge in [0.25, 0.3) is 0 Å². The van der Waals surface area contributed by atoms with Gasteiger partial charge in [0.1, 0.15) is 11.4 Å². The molecule has 0 atom stereocenters. The first-order valence-electron chi connectivity index (χ1n) is 6.71. The number of carboxylic acid groups (broad SMARTS) is 1. The van der Waals surface area contributed by atoms with E-state index in [1.165, 1.54) is 42.6 Å². The second-order valence-corrected chi connectivity index (χ2v) is 6.22. The summed E-state index contributed by atoms with van der Waals surface area (Å²) in [5.41, 5.74) is -1.22. The molecule has 0 unspecified atom stereocenters. The molecular formula is C15H20FNO3S. The first kappa shape index (κ1) is 17.5. The second-order valence-electron chi connectivity index (χ2n) is 5.05. The topological polar surface area (TPSA) is 57.6 Å². The van der Waals surface area contributed by atoms with Crippen molar-refractivity contribution in [2.24, 2.45) is 0 Å². The molecule has 1 aromatic rings. The van der Waals surface area contributed by atoms with Crippen LogP contribution < -0.4 is 0 Å². The minimum atomic E-state index is -1.22. The number of thioether (sulfide) groups is 1. The Labute approximate surface area is 128 Å². The van der Waals surface area contributed by atoms with Gasteiger partial charge < -0.3 is 10.0 Å². The number of likely N-dealkylation sites (N-methyl/N-ethyl adjacent to an activating group) is 1. The largest absolute Gasteiger partial charge is 0.480 e. The summed E-state index contributed by atoms with van der Waals surface area (Å²) in [6, 6.07) is 6.05. The summed E-state index contributed by atoms with van der Waals surface area (Å²) in [4.78, 5) is 25.6. The third kappa shape index (κ3) is 4.74. The minimum Gasteiger partial charge on any atom is -0.480 e. The fraction of sp³-hybridized carbons (Fsp3) is 0.467. The number of carbonyl (C=O) groups is 2. The van der Waals surface area contributed by atoms with Gasteiger partial charge in [0.15, 0.2) is 0 Å². The van der Waals surface area contributed by atoms with Gasteiger partial charge in [-0.25, -0.2) is 9.18 Å². The molecule has 0 spiro atoms. The lowest BCUT2D eigenvalue weighted by molar-refractivity contribution is -0.156. The summed E-state index contributed by atoms with van der Waals surface area (Å²) in [6.45, 7) is 5.14. The molecule has 21 heavy (non-hydrogen) atoms. The van der Waals surface area contributed by atoms with Crippen LogP contribution in [0.5, 0.6) is 0 Å². The van der Waals surface area contributed by atoms with Crippen LogP contribution >= 0.6 is 11.8 Å². The smallest absolute Gasteiger partial charge is 0.329 e. The van der Waals surface area contributed by atoms with E-state index in [1.807, 2.05) is 0 Å². The zero-order chi connectivity index (χ0) is 16.0. The third-order valence-electron chi connectivity index (χ3n) is 3.21. The van der Waals surface area contributed by atoms with E-state index in [2.05, 4.69) is 0 Å². The number of hydrogen-bond acceptors (Lipinski definition) is 3. The van der Waals surface area contributed by atoms with Crippen molar-refractivity contribution < 1.29 is 19.1 Å². The van der Waals surface area contributed by atoms with Gasteiger partial charge in [0.05, 0.1) is 0 Å². The monoisotopic (exact) mass is 313 g/mol. The number of amides is 1. The summed E-state index contributed by atoms with van der Waals surface area (Å²) < 4.78 is 12.8. The zero-order valence-electron chi connectivity index (χ0n) is 12.4. The molecule has 0 heterocycles. The molecular weight excluding hydrogens is 293 g/mol. The Bertz CT molecular complexity index is 502. The van der Waals surface area contributed by atoms with Gasteiger partial charge in [-0.15, -0.1) is 11.8 Å². The van der Waals surface area contributed by atoms with Crippen LogP contribution in [0.2, 0.25) is 0 Å². The van der Waals surface area contributed by atoms with E-state index in [0.29, 0.717) is 12.3 Å². The fourth-order valence-corrected chi connectivity index (χ4v) is 2.76. The van der Waals surface area contributed by atoms with Crippen molar-refractivity contribution in [3.63, 3.8) is 0 Å². The Morgan fingerprint density at radius 1 is 1.29 bits per heavy atom. The highest BCUT2D eigenvalue weighted by molar-refractivity contribution is 7.99. The van der Waals surface area contributed by atoms with Crippen molar-refractivity contribution in [2.45, 2.75) is 37.6 Å². The highest BCUT2D eigenvalue weighted by Gasteiger charge is 2.36. The molecule has 116 valence electrons. The average molecular weight is 313 g/mol. The highest BCUT2D eigenvalue weighted by Crippen LogP contribution is 2.21. The van der Waals surface area contributed by atoms with Gasteiger partial charge in [-0.1, -0.05) is 0 Å². The van der Waals surface area contributed by atoms with Crippen LogP contribution in [0.15, 0.2) is 29.2 Å². The first-order valence-corrected chi connectivity index (χ1v) is 7.69. The van der Waals surface area contributed by atoms with E-state index in [1.54, 1.807) is 19.1 Å². The van der Waals surface area contributed by atoms with Crippen molar-refractivity contribution in [3.05, 3.63) is 30.1 Å². The van der Waals surface area contributed by atoms with Gasteiger partial charge in [0.2, 0.25) is 5.91 Å². The van der Waals surface area contributed by atoms with Crippen LogP contribution in [0.3, 0.4) is 0 Å². The van der Waals surface area contributed by atoms with Gasteiger partial charge in [-0.3, -0.25) is 4.79 Å². The lowest BCUT2D eigenvalue weighted by Gasteiger charge is -2.34. The van der Waals surface area contributed by atoms with Crippen LogP contribution in [-0.2, 0) is 9.59 Å². The van der Waals surface area contributed by atoms with E-state index >= 15 is 0 Å². The van der Waals surface area contributed by atoms with Crippen molar-refractivity contribution in [1.29, 1.82) is 0 Å². The summed E-state index contributed by atoms with van der Waals surface area (Å²) >= 11 is 1.44. The van der Waals surface area contributed by atoms with Gasteiger partial charge in [0, 0.05) is 23.6 Å². The van der Waals surface area contributed by atoms with E-state index in [9.17, 15) is 19.1 Å². The predicted molar refractivity (Wildman–Crippen MR) is 80.8 cm³/mol. The maximum absolute atomic E-state index is 12.8. The molecule has 6 heteroatoms. The number of carbonyl (C=O) groups excluding carboxylic acids is 1. The number of halogens is 1. The van der Waals surface area contributed by atoms with Crippen LogP contribution in [0.4, 0.5) is 4.39 Å². The summed E-state index contributed by atoms with van der Waals surface area (Å²) in [5.74, 6) is -0.990. The van der Waals surface area contributed by atoms with Crippen molar-refractivity contribution in [2.75, 3.05) is 12.3 Å². The number of rotatable bonds is 7.